The monoisotopic (exact) mass is 275 g/mol. The first-order chi connectivity index (χ1) is 9.57. The van der Waals surface area contributed by atoms with Crippen LogP contribution in [-0.2, 0) is 5.41 Å². The largest absolute Gasteiger partial charge is 0.339 e. The summed E-state index contributed by atoms with van der Waals surface area (Å²) in [4.78, 5) is 4.55. The molecule has 0 radical (unpaired) electrons. The third-order valence-electron chi connectivity index (χ3n) is 3.98. The molecule has 1 unspecified atom stereocenters. The normalized spacial score (nSPS) is 19.4. The standard InChI is InChI=1S/C15H18FN3O/c1-15(2,11-3-5-12(16)6-4-11)14-18-13(20-19-14)10-7-8-17-9-10/h3-6,10,17H,7-9H2,1-2H3. The van der Waals surface area contributed by atoms with Crippen LogP contribution in [0.2, 0.25) is 0 Å². The van der Waals surface area contributed by atoms with E-state index in [0.717, 1.165) is 25.1 Å². The molecule has 3 rings (SSSR count). The average Bonchev–Trinajstić information content (AvgIpc) is 3.10. The molecule has 2 aromatic rings. The molecule has 1 aromatic heterocycles. The molecule has 0 saturated carbocycles. The van der Waals surface area contributed by atoms with E-state index >= 15 is 0 Å². The third-order valence-corrected chi connectivity index (χ3v) is 3.98. The predicted octanol–water partition coefficient (Wildman–Crippen LogP) is 2.61. The van der Waals surface area contributed by atoms with Crippen molar-refractivity contribution >= 4 is 0 Å². The molecule has 0 spiro atoms. The van der Waals surface area contributed by atoms with E-state index < -0.39 is 5.41 Å². The Balaban J connectivity index is 1.88. The first-order valence-corrected chi connectivity index (χ1v) is 6.88. The second-order valence-corrected chi connectivity index (χ2v) is 5.78. The van der Waals surface area contributed by atoms with Gasteiger partial charge in [-0.05, 0) is 44.5 Å². The summed E-state index contributed by atoms with van der Waals surface area (Å²) >= 11 is 0. The van der Waals surface area contributed by atoms with Crippen LogP contribution in [0.1, 0.15) is 43.5 Å². The highest BCUT2D eigenvalue weighted by atomic mass is 19.1. The van der Waals surface area contributed by atoms with Crippen LogP contribution in [0.4, 0.5) is 4.39 Å². The lowest BCUT2D eigenvalue weighted by atomic mass is 9.84. The van der Waals surface area contributed by atoms with Crippen LogP contribution in [0.3, 0.4) is 0 Å². The molecule has 0 aliphatic carbocycles. The van der Waals surface area contributed by atoms with Crippen LogP contribution in [0.15, 0.2) is 28.8 Å². The average molecular weight is 275 g/mol. The van der Waals surface area contributed by atoms with E-state index in [1.165, 1.54) is 12.1 Å². The molecule has 1 aromatic carbocycles. The van der Waals surface area contributed by atoms with Crippen LogP contribution in [-0.4, -0.2) is 23.2 Å². The first kappa shape index (κ1) is 13.2. The van der Waals surface area contributed by atoms with E-state index in [9.17, 15) is 4.39 Å². The minimum absolute atomic E-state index is 0.240. The second kappa shape index (κ2) is 4.98. The lowest BCUT2D eigenvalue weighted by Crippen LogP contribution is -2.21. The fourth-order valence-corrected chi connectivity index (χ4v) is 2.52. The van der Waals surface area contributed by atoms with Crippen molar-refractivity contribution in [3.63, 3.8) is 0 Å². The molecule has 20 heavy (non-hydrogen) atoms. The van der Waals surface area contributed by atoms with Crippen molar-refractivity contribution in [3.05, 3.63) is 47.4 Å². The maximum absolute atomic E-state index is 13.0. The zero-order valence-corrected chi connectivity index (χ0v) is 11.7. The topological polar surface area (TPSA) is 51.0 Å². The fraction of sp³-hybridized carbons (Fsp3) is 0.467. The SMILES string of the molecule is CC(C)(c1ccc(F)cc1)c1noc(C2CCNC2)n1. The highest BCUT2D eigenvalue weighted by molar-refractivity contribution is 5.30. The van der Waals surface area contributed by atoms with E-state index in [4.69, 9.17) is 4.52 Å². The van der Waals surface area contributed by atoms with E-state index in [0.29, 0.717) is 17.6 Å². The molecule has 1 atom stereocenters. The van der Waals surface area contributed by atoms with E-state index in [1.807, 2.05) is 13.8 Å². The maximum atomic E-state index is 13.0. The predicted molar refractivity (Wildman–Crippen MR) is 73.1 cm³/mol. The van der Waals surface area contributed by atoms with Crippen LogP contribution in [0.5, 0.6) is 0 Å². The van der Waals surface area contributed by atoms with Gasteiger partial charge >= 0.3 is 0 Å². The number of benzene rings is 1. The Morgan fingerprint density at radius 1 is 1.30 bits per heavy atom. The summed E-state index contributed by atoms with van der Waals surface area (Å²) in [5.74, 6) is 1.40. The van der Waals surface area contributed by atoms with E-state index in [-0.39, 0.29) is 5.82 Å². The Hall–Kier alpha value is -1.75. The zero-order valence-electron chi connectivity index (χ0n) is 11.7. The molecule has 4 nitrogen and oxygen atoms in total. The molecule has 1 saturated heterocycles. The molecule has 1 aliphatic heterocycles. The van der Waals surface area contributed by atoms with E-state index in [1.54, 1.807) is 12.1 Å². The molecule has 106 valence electrons. The zero-order chi connectivity index (χ0) is 14.2. The summed E-state index contributed by atoms with van der Waals surface area (Å²) < 4.78 is 18.4. The van der Waals surface area contributed by atoms with Gasteiger partial charge in [0.2, 0.25) is 5.89 Å². The van der Waals surface area contributed by atoms with Crippen LogP contribution in [0, 0.1) is 5.82 Å². The maximum Gasteiger partial charge on any atom is 0.231 e. The third kappa shape index (κ3) is 2.33. The summed E-state index contributed by atoms with van der Waals surface area (Å²) in [6.07, 6.45) is 1.03. The van der Waals surface area contributed by atoms with Crippen molar-refractivity contribution in [2.45, 2.75) is 31.6 Å². The van der Waals surface area contributed by atoms with Gasteiger partial charge in [0, 0.05) is 6.54 Å². The molecule has 1 aliphatic rings. The molecule has 1 N–H and O–H groups in total. The summed E-state index contributed by atoms with van der Waals surface area (Å²) in [7, 11) is 0. The van der Waals surface area contributed by atoms with Crippen molar-refractivity contribution in [2.75, 3.05) is 13.1 Å². The smallest absolute Gasteiger partial charge is 0.231 e. The lowest BCUT2D eigenvalue weighted by Gasteiger charge is -2.20. The van der Waals surface area contributed by atoms with Gasteiger partial charge in [0.1, 0.15) is 5.82 Å². The van der Waals surface area contributed by atoms with Crippen LogP contribution >= 0.6 is 0 Å². The van der Waals surface area contributed by atoms with Crippen molar-refractivity contribution in [2.24, 2.45) is 0 Å². The molecule has 5 heteroatoms. The Morgan fingerprint density at radius 3 is 2.70 bits per heavy atom. The number of hydrogen-bond donors (Lipinski definition) is 1. The first-order valence-electron chi connectivity index (χ1n) is 6.88. The summed E-state index contributed by atoms with van der Waals surface area (Å²) in [6, 6.07) is 6.45. The quantitative estimate of drug-likeness (QED) is 0.935. The fourth-order valence-electron chi connectivity index (χ4n) is 2.52. The minimum atomic E-state index is -0.401. The molecule has 2 heterocycles. The van der Waals surface area contributed by atoms with Gasteiger partial charge in [-0.3, -0.25) is 0 Å². The van der Waals surface area contributed by atoms with Gasteiger partial charge in [-0.1, -0.05) is 17.3 Å². The van der Waals surface area contributed by atoms with Gasteiger partial charge < -0.3 is 9.84 Å². The number of nitrogens with zero attached hydrogens (tertiary/aromatic N) is 2. The van der Waals surface area contributed by atoms with Crippen LogP contribution < -0.4 is 5.32 Å². The second-order valence-electron chi connectivity index (χ2n) is 5.78. The summed E-state index contributed by atoms with van der Waals surface area (Å²) in [5, 5.41) is 7.41. The number of halogens is 1. The molecule has 1 fully saturated rings. The molecular weight excluding hydrogens is 257 g/mol. The Bertz CT molecular complexity index is 585. The van der Waals surface area contributed by atoms with Gasteiger partial charge in [-0.25, -0.2) is 4.39 Å². The Kier molecular flexibility index (Phi) is 3.30. The van der Waals surface area contributed by atoms with Gasteiger partial charge in [0.05, 0.1) is 11.3 Å². The molecule has 0 bridgehead atoms. The highest BCUT2D eigenvalue weighted by Crippen LogP contribution is 2.31. The van der Waals surface area contributed by atoms with Crippen molar-refractivity contribution in [1.82, 2.24) is 15.5 Å². The number of aromatic nitrogens is 2. The van der Waals surface area contributed by atoms with E-state index in [2.05, 4.69) is 15.5 Å². The van der Waals surface area contributed by atoms with Crippen LogP contribution in [0.25, 0.3) is 0 Å². The van der Waals surface area contributed by atoms with Crippen molar-refractivity contribution < 1.29 is 8.91 Å². The molecule has 0 amide bonds. The van der Waals surface area contributed by atoms with Gasteiger partial charge in [0.15, 0.2) is 5.82 Å². The van der Waals surface area contributed by atoms with Gasteiger partial charge in [-0.2, -0.15) is 4.98 Å². The number of hydrogen-bond acceptors (Lipinski definition) is 4. The number of nitrogens with one attached hydrogen (secondary N) is 1. The lowest BCUT2D eigenvalue weighted by molar-refractivity contribution is 0.349. The summed E-state index contributed by atoms with van der Waals surface area (Å²) in [6.45, 7) is 5.91. The highest BCUT2D eigenvalue weighted by Gasteiger charge is 2.31. The Morgan fingerprint density at radius 2 is 2.05 bits per heavy atom. The summed E-state index contributed by atoms with van der Waals surface area (Å²) in [5.41, 5.74) is 0.567. The molecular formula is C15H18FN3O. The minimum Gasteiger partial charge on any atom is -0.339 e. The number of rotatable bonds is 3. The van der Waals surface area contributed by atoms with Gasteiger partial charge in [-0.15, -0.1) is 0 Å². The van der Waals surface area contributed by atoms with Crippen molar-refractivity contribution in [1.29, 1.82) is 0 Å². The van der Waals surface area contributed by atoms with Crippen molar-refractivity contribution in [3.8, 4) is 0 Å². The van der Waals surface area contributed by atoms with Gasteiger partial charge in [0.25, 0.3) is 0 Å². The Labute approximate surface area is 117 Å².